The van der Waals surface area contributed by atoms with E-state index in [-0.39, 0.29) is 29.6 Å². The fourth-order valence-electron chi connectivity index (χ4n) is 2.26. The molecule has 0 unspecified atom stereocenters. The van der Waals surface area contributed by atoms with E-state index >= 15 is 0 Å². The van der Waals surface area contributed by atoms with Crippen molar-refractivity contribution in [3.8, 4) is 0 Å². The van der Waals surface area contributed by atoms with Crippen LogP contribution in [0.3, 0.4) is 0 Å². The normalized spacial score (nSPS) is 10.7. The second-order valence-corrected chi connectivity index (χ2v) is 7.40. The van der Waals surface area contributed by atoms with Gasteiger partial charge in [0.1, 0.15) is 0 Å². The Labute approximate surface area is 145 Å². The molecule has 0 atom stereocenters. The van der Waals surface area contributed by atoms with Crippen LogP contribution in [0.1, 0.15) is 90.9 Å². The van der Waals surface area contributed by atoms with Crippen molar-refractivity contribution >= 4 is 37.7 Å². The number of unbranched alkanes of at least 4 members (excludes halogenated alkanes) is 10. The molecule has 0 spiro atoms. The Morgan fingerprint density at radius 1 is 0.579 bits per heavy atom. The molecule has 3 heteroatoms. The van der Waals surface area contributed by atoms with Crippen LogP contribution < -0.4 is 0 Å². The van der Waals surface area contributed by atoms with Crippen molar-refractivity contribution in [2.75, 3.05) is 12.3 Å². The molecular formula is C16H36NaOP. The molecule has 0 saturated carbocycles. The third-order valence-corrected chi connectivity index (χ3v) is 5.20. The van der Waals surface area contributed by atoms with Gasteiger partial charge in [0.25, 0.3) is 0 Å². The molecule has 19 heavy (non-hydrogen) atoms. The first kappa shape index (κ1) is 22.7. The quantitative estimate of drug-likeness (QED) is 0.257. The number of rotatable bonds is 14. The summed E-state index contributed by atoms with van der Waals surface area (Å²) in [6.45, 7) is 4.51. The molecule has 0 saturated heterocycles. The molecule has 112 valence electrons. The molecule has 0 fully saturated rings. The molecule has 0 aliphatic heterocycles. The van der Waals surface area contributed by atoms with E-state index in [0.717, 1.165) is 12.3 Å². The van der Waals surface area contributed by atoms with Crippen molar-refractivity contribution in [2.24, 2.45) is 0 Å². The molecule has 0 aromatic carbocycles. The summed E-state index contributed by atoms with van der Waals surface area (Å²) >= 11 is 0. The van der Waals surface area contributed by atoms with E-state index in [1.807, 2.05) is 0 Å². The minimum absolute atomic E-state index is 0. The van der Waals surface area contributed by atoms with Crippen LogP contribution in [0.2, 0.25) is 0 Å². The molecular weight excluding hydrogens is 262 g/mol. The average Bonchev–Trinajstić information content (AvgIpc) is 2.38. The van der Waals surface area contributed by atoms with Crippen molar-refractivity contribution in [3.05, 3.63) is 0 Å². The molecule has 0 heterocycles. The first-order chi connectivity index (χ1) is 8.81. The fourth-order valence-corrected chi connectivity index (χ4v) is 3.66. The van der Waals surface area contributed by atoms with Crippen molar-refractivity contribution in [2.45, 2.75) is 90.9 Å². The Morgan fingerprint density at radius 2 is 0.895 bits per heavy atom. The Kier molecular flexibility index (Phi) is 23.1. The molecule has 0 aromatic heterocycles. The monoisotopic (exact) mass is 298 g/mol. The molecule has 1 N–H and O–H groups in total. The van der Waals surface area contributed by atoms with Gasteiger partial charge in [0.2, 0.25) is 0 Å². The van der Waals surface area contributed by atoms with E-state index in [2.05, 4.69) is 13.8 Å². The van der Waals surface area contributed by atoms with E-state index in [4.69, 9.17) is 0 Å². The topological polar surface area (TPSA) is 20.2 Å². The van der Waals surface area contributed by atoms with Crippen LogP contribution in [0.15, 0.2) is 0 Å². The summed E-state index contributed by atoms with van der Waals surface area (Å²) < 4.78 is 0. The van der Waals surface area contributed by atoms with Gasteiger partial charge in [-0.15, -0.1) is 0 Å². The zero-order valence-corrected chi connectivity index (χ0v) is 13.7. The summed E-state index contributed by atoms with van der Waals surface area (Å²) in [6.07, 6.45) is 18.3. The van der Waals surface area contributed by atoms with Crippen molar-refractivity contribution in [3.63, 3.8) is 0 Å². The first-order valence-electron chi connectivity index (χ1n) is 8.25. The first-order valence-corrected chi connectivity index (χ1v) is 9.91. The van der Waals surface area contributed by atoms with Crippen LogP contribution >= 0.6 is 8.15 Å². The van der Waals surface area contributed by atoms with E-state index in [1.54, 1.807) is 0 Å². The van der Waals surface area contributed by atoms with Gasteiger partial charge < -0.3 is 4.89 Å². The van der Waals surface area contributed by atoms with Gasteiger partial charge in [0, 0.05) is 8.15 Å². The van der Waals surface area contributed by atoms with E-state index in [9.17, 15) is 4.89 Å². The van der Waals surface area contributed by atoms with Gasteiger partial charge in [-0.25, -0.2) is 0 Å². The van der Waals surface area contributed by atoms with Crippen LogP contribution in [0.25, 0.3) is 0 Å². The summed E-state index contributed by atoms with van der Waals surface area (Å²) in [6, 6.07) is 0. The van der Waals surface area contributed by atoms with Gasteiger partial charge in [-0.2, -0.15) is 0 Å². The molecule has 0 rings (SSSR count). The van der Waals surface area contributed by atoms with Gasteiger partial charge in [0.05, 0.1) is 0 Å². The summed E-state index contributed by atoms with van der Waals surface area (Å²) in [5, 5.41) is 0. The van der Waals surface area contributed by atoms with Gasteiger partial charge in [-0.3, -0.25) is 0 Å². The molecule has 0 radical (unpaired) electrons. The zero-order valence-electron chi connectivity index (χ0n) is 12.8. The number of hydrogen-bond acceptors (Lipinski definition) is 1. The van der Waals surface area contributed by atoms with E-state index in [1.165, 1.54) is 77.0 Å². The van der Waals surface area contributed by atoms with Gasteiger partial charge >= 0.3 is 29.6 Å². The summed E-state index contributed by atoms with van der Waals surface area (Å²) in [5.74, 6) is 0. The van der Waals surface area contributed by atoms with E-state index < -0.39 is 8.15 Å². The van der Waals surface area contributed by atoms with Gasteiger partial charge in [0.15, 0.2) is 0 Å². The molecule has 1 nitrogen and oxygen atoms in total. The Hall–Kier alpha value is 1.39. The van der Waals surface area contributed by atoms with Crippen LogP contribution in [0.5, 0.6) is 0 Å². The Bertz CT molecular complexity index is 140. The Balaban J connectivity index is 0. The van der Waals surface area contributed by atoms with Gasteiger partial charge in [-0.05, 0) is 25.2 Å². The summed E-state index contributed by atoms with van der Waals surface area (Å²) in [5.41, 5.74) is 0. The molecule has 0 aliphatic carbocycles. The maximum absolute atomic E-state index is 9.92. The van der Waals surface area contributed by atoms with E-state index in [0.29, 0.717) is 0 Å². The molecule has 0 bridgehead atoms. The number of hydrogen-bond donors (Lipinski definition) is 1. The standard InChI is InChI=1S/C16H35OP.Na.H/c1-3-5-7-9-11-13-15-18(17)16-14-12-10-8-6-4-2;;/h17H,3-16H2,1-2H3;;. The third-order valence-electron chi connectivity index (χ3n) is 3.54. The second-order valence-electron chi connectivity index (χ2n) is 5.49. The predicted molar refractivity (Wildman–Crippen MR) is 92.8 cm³/mol. The zero-order chi connectivity index (χ0) is 13.5. The van der Waals surface area contributed by atoms with Crippen LogP contribution in [-0.2, 0) is 0 Å². The molecule has 0 aliphatic rings. The van der Waals surface area contributed by atoms with Crippen LogP contribution in [0.4, 0.5) is 0 Å². The Morgan fingerprint density at radius 3 is 1.26 bits per heavy atom. The van der Waals surface area contributed by atoms with Crippen molar-refractivity contribution in [1.29, 1.82) is 0 Å². The van der Waals surface area contributed by atoms with Crippen LogP contribution in [-0.4, -0.2) is 46.8 Å². The van der Waals surface area contributed by atoms with Gasteiger partial charge in [-0.1, -0.05) is 78.1 Å². The van der Waals surface area contributed by atoms with Crippen molar-refractivity contribution in [1.82, 2.24) is 0 Å². The average molecular weight is 298 g/mol. The SMILES string of the molecule is CCCCCCCCP(O)CCCCCCCC.[NaH]. The maximum atomic E-state index is 9.92. The minimum atomic E-state index is -0.630. The predicted octanol–water partition coefficient (Wildman–Crippen LogP) is 5.45. The molecule has 0 aromatic rings. The second kappa shape index (κ2) is 19.4. The van der Waals surface area contributed by atoms with Crippen LogP contribution in [0, 0.1) is 0 Å². The third kappa shape index (κ3) is 19.4. The molecule has 0 amide bonds. The summed E-state index contributed by atoms with van der Waals surface area (Å²) in [7, 11) is -0.630. The fraction of sp³-hybridized carbons (Fsp3) is 1.00. The summed E-state index contributed by atoms with van der Waals surface area (Å²) in [4.78, 5) is 9.92. The van der Waals surface area contributed by atoms with Crippen molar-refractivity contribution < 1.29 is 4.89 Å².